The highest BCUT2D eigenvalue weighted by atomic mass is 16.5. The highest BCUT2D eigenvalue weighted by Crippen LogP contribution is 2.26. The van der Waals surface area contributed by atoms with Gasteiger partial charge in [0.1, 0.15) is 0 Å². The molecule has 0 amide bonds. The van der Waals surface area contributed by atoms with Crippen molar-refractivity contribution in [3.63, 3.8) is 0 Å². The molecule has 4 heteroatoms. The maximum absolute atomic E-state index is 12.3. The first-order valence-corrected chi connectivity index (χ1v) is 8.68. The molecule has 0 aliphatic rings. The molecule has 0 spiro atoms. The van der Waals surface area contributed by atoms with Crippen LogP contribution in [-0.2, 0) is 9.47 Å². The number of rotatable bonds is 8. The van der Waals surface area contributed by atoms with E-state index in [2.05, 4.69) is 27.7 Å². The van der Waals surface area contributed by atoms with Gasteiger partial charge in [-0.1, -0.05) is 46.8 Å². The molecule has 1 rings (SSSR count). The van der Waals surface area contributed by atoms with Gasteiger partial charge in [-0.3, -0.25) is 0 Å². The van der Waals surface area contributed by atoms with Gasteiger partial charge in [0.25, 0.3) is 0 Å². The lowest BCUT2D eigenvalue weighted by Gasteiger charge is -2.23. The van der Waals surface area contributed by atoms with E-state index in [1.807, 2.05) is 6.92 Å². The third-order valence-electron chi connectivity index (χ3n) is 3.61. The van der Waals surface area contributed by atoms with Crippen molar-refractivity contribution in [1.29, 1.82) is 0 Å². The van der Waals surface area contributed by atoms with Gasteiger partial charge in [0.2, 0.25) is 0 Å². The van der Waals surface area contributed by atoms with Crippen LogP contribution in [0.1, 0.15) is 74.6 Å². The van der Waals surface area contributed by atoms with Crippen LogP contribution in [0.3, 0.4) is 0 Å². The monoisotopic (exact) mass is 334 g/mol. The number of hydrogen-bond donors (Lipinski definition) is 0. The molecule has 4 nitrogen and oxygen atoms in total. The van der Waals surface area contributed by atoms with Crippen LogP contribution in [0.25, 0.3) is 0 Å². The largest absolute Gasteiger partial charge is 0.462 e. The lowest BCUT2D eigenvalue weighted by molar-refractivity contribution is 0.0442. The van der Waals surface area contributed by atoms with E-state index in [4.69, 9.17) is 9.47 Å². The highest BCUT2D eigenvalue weighted by Gasteiger charge is 2.20. The van der Waals surface area contributed by atoms with Crippen molar-refractivity contribution in [2.24, 2.45) is 11.3 Å². The summed E-state index contributed by atoms with van der Waals surface area (Å²) in [6.45, 7) is 11.4. The lowest BCUT2D eigenvalue weighted by Crippen LogP contribution is -2.16. The predicted molar refractivity (Wildman–Crippen MR) is 95.2 cm³/mol. The van der Waals surface area contributed by atoms with E-state index < -0.39 is 11.9 Å². The summed E-state index contributed by atoms with van der Waals surface area (Å²) in [5.41, 5.74) is 0.791. The van der Waals surface area contributed by atoms with Crippen molar-refractivity contribution in [1.82, 2.24) is 0 Å². The second-order valence-electron chi connectivity index (χ2n) is 7.48. The Kier molecular flexibility index (Phi) is 7.96. The summed E-state index contributed by atoms with van der Waals surface area (Å²) < 4.78 is 10.5. The van der Waals surface area contributed by atoms with Gasteiger partial charge in [-0.25, -0.2) is 9.59 Å². The molecule has 134 valence electrons. The van der Waals surface area contributed by atoms with Crippen molar-refractivity contribution >= 4 is 11.9 Å². The molecule has 0 heterocycles. The van der Waals surface area contributed by atoms with Crippen LogP contribution >= 0.6 is 0 Å². The second kappa shape index (κ2) is 9.45. The summed E-state index contributed by atoms with van der Waals surface area (Å²) in [6.07, 6.45) is 2.62. The molecular weight excluding hydrogens is 304 g/mol. The Balaban J connectivity index is 2.61. The Morgan fingerprint density at radius 1 is 1.00 bits per heavy atom. The summed E-state index contributed by atoms with van der Waals surface area (Å²) in [6, 6.07) is 6.63. The van der Waals surface area contributed by atoms with Gasteiger partial charge in [0, 0.05) is 0 Å². The molecule has 0 radical (unpaired) electrons. The number of esters is 2. The second-order valence-corrected chi connectivity index (χ2v) is 7.48. The highest BCUT2D eigenvalue weighted by molar-refractivity contribution is 6.03. The molecule has 1 aromatic rings. The molecule has 0 aliphatic heterocycles. The van der Waals surface area contributed by atoms with E-state index in [1.165, 1.54) is 0 Å². The third-order valence-corrected chi connectivity index (χ3v) is 3.61. The van der Waals surface area contributed by atoms with Crippen molar-refractivity contribution in [3.8, 4) is 0 Å². The molecular formula is C20H30O4. The van der Waals surface area contributed by atoms with E-state index in [1.54, 1.807) is 24.3 Å². The summed E-state index contributed by atoms with van der Waals surface area (Å²) in [7, 11) is 0. The van der Waals surface area contributed by atoms with Gasteiger partial charge in [0.05, 0.1) is 24.3 Å². The molecule has 0 N–H and O–H groups in total. The van der Waals surface area contributed by atoms with Crippen LogP contribution in [0.4, 0.5) is 0 Å². The van der Waals surface area contributed by atoms with E-state index >= 15 is 0 Å². The van der Waals surface area contributed by atoms with Gasteiger partial charge in [0.15, 0.2) is 0 Å². The predicted octanol–water partition coefficient (Wildman–Crippen LogP) is 4.87. The SMILES string of the molecule is CCCOC(=O)c1ccccc1C(=O)OCCC(C)CC(C)(C)C. The Labute approximate surface area is 145 Å². The summed E-state index contributed by atoms with van der Waals surface area (Å²) in [5.74, 6) is -0.477. The Morgan fingerprint density at radius 3 is 1.96 bits per heavy atom. The van der Waals surface area contributed by atoms with E-state index in [-0.39, 0.29) is 16.5 Å². The molecule has 0 saturated heterocycles. The zero-order valence-corrected chi connectivity index (χ0v) is 15.6. The van der Waals surface area contributed by atoms with Crippen molar-refractivity contribution in [2.75, 3.05) is 13.2 Å². The standard InChI is InChI=1S/C20H30O4/c1-6-12-23-18(21)16-9-7-8-10-17(16)19(22)24-13-11-15(2)14-20(3,4)5/h7-10,15H,6,11-14H2,1-5H3. The first kappa shape index (κ1) is 20.2. The fourth-order valence-corrected chi connectivity index (χ4v) is 2.69. The minimum absolute atomic E-state index is 0.263. The van der Waals surface area contributed by atoms with E-state index in [0.717, 1.165) is 19.3 Å². The Morgan fingerprint density at radius 2 is 1.50 bits per heavy atom. The molecule has 1 unspecified atom stereocenters. The van der Waals surface area contributed by atoms with Crippen LogP contribution in [0.5, 0.6) is 0 Å². The zero-order chi connectivity index (χ0) is 18.2. The first-order valence-electron chi connectivity index (χ1n) is 8.68. The smallest absolute Gasteiger partial charge is 0.339 e. The molecule has 0 bridgehead atoms. The van der Waals surface area contributed by atoms with E-state index in [0.29, 0.717) is 19.1 Å². The van der Waals surface area contributed by atoms with Crippen molar-refractivity contribution in [3.05, 3.63) is 35.4 Å². The van der Waals surface area contributed by atoms with Crippen molar-refractivity contribution < 1.29 is 19.1 Å². The molecule has 0 fully saturated rings. The minimum Gasteiger partial charge on any atom is -0.462 e. The molecule has 0 aliphatic carbocycles. The minimum atomic E-state index is -0.481. The zero-order valence-electron chi connectivity index (χ0n) is 15.6. The number of hydrogen-bond acceptors (Lipinski definition) is 4. The third kappa shape index (κ3) is 7.16. The topological polar surface area (TPSA) is 52.6 Å². The number of carbonyl (C=O) groups is 2. The van der Waals surface area contributed by atoms with Crippen LogP contribution in [0.15, 0.2) is 24.3 Å². The fraction of sp³-hybridized carbons (Fsp3) is 0.600. The maximum atomic E-state index is 12.3. The maximum Gasteiger partial charge on any atom is 0.339 e. The van der Waals surface area contributed by atoms with Gasteiger partial charge in [-0.2, -0.15) is 0 Å². The molecule has 1 aromatic carbocycles. The molecule has 24 heavy (non-hydrogen) atoms. The normalized spacial score (nSPS) is 12.5. The van der Waals surface area contributed by atoms with Gasteiger partial charge >= 0.3 is 11.9 Å². The number of ether oxygens (including phenoxy) is 2. The van der Waals surface area contributed by atoms with Crippen LogP contribution in [0, 0.1) is 11.3 Å². The molecule has 1 atom stereocenters. The summed E-state index contributed by atoms with van der Waals surface area (Å²) in [5, 5.41) is 0. The lowest BCUT2D eigenvalue weighted by atomic mass is 9.84. The Bertz CT molecular complexity index is 543. The molecule has 0 saturated carbocycles. The van der Waals surface area contributed by atoms with Crippen molar-refractivity contribution in [2.45, 2.75) is 53.9 Å². The average molecular weight is 334 g/mol. The Hall–Kier alpha value is -1.84. The van der Waals surface area contributed by atoms with Crippen LogP contribution in [-0.4, -0.2) is 25.2 Å². The first-order chi connectivity index (χ1) is 11.2. The summed E-state index contributed by atoms with van der Waals surface area (Å²) in [4.78, 5) is 24.3. The van der Waals surface area contributed by atoms with Gasteiger partial charge in [-0.05, 0) is 42.7 Å². The quantitative estimate of drug-likeness (QED) is 0.636. The van der Waals surface area contributed by atoms with Crippen LogP contribution in [0.2, 0.25) is 0 Å². The van der Waals surface area contributed by atoms with Gasteiger partial charge in [-0.15, -0.1) is 0 Å². The fourth-order valence-electron chi connectivity index (χ4n) is 2.69. The van der Waals surface area contributed by atoms with Crippen LogP contribution < -0.4 is 0 Å². The number of carbonyl (C=O) groups excluding carboxylic acids is 2. The number of benzene rings is 1. The average Bonchev–Trinajstić information content (AvgIpc) is 2.50. The van der Waals surface area contributed by atoms with Gasteiger partial charge < -0.3 is 9.47 Å². The van der Waals surface area contributed by atoms with E-state index in [9.17, 15) is 9.59 Å². The molecule has 0 aromatic heterocycles. The summed E-state index contributed by atoms with van der Waals surface area (Å²) >= 11 is 0.